The summed E-state index contributed by atoms with van der Waals surface area (Å²) in [7, 11) is 1.51. The van der Waals surface area contributed by atoms with Gasteiger partial charge >= 0.3 is 0 Å². The number of nitrogens with two attached hydrogens (primary N) is 1. The van der Waals surface area contributed by atoms with E-state index < -0.39 is 0 Å². The van der Waals surface area contributed by atoms with E-state index in [4.69, 9.17) is 22.1 Å². The lowest BCUT2D eigenvalue weighted by Gasteiger charge is -2.19. The number of ether oxygens (including phenoxy) is 1. The molecule has 0 spiro atoms. The van der Waals surface area contributed by atoms with Gasteiger partial charge in [-0.3, -0.25) is 0 Å². The van der Waals surface area contributed by atoms with Gasteiger partial charge in [-0.2, -0.15) is 0 Å². The third-order valence-corrected chi connectivity index (χ3v) is 3.45. The summed E-state index contributed by atoms with van der Waals surface area (Å²) in [4.78, 5) is 3.78. The molecule has 1 rings (SSSR count). The van der Waals surface area contributed by atoms with Gasteiger partial charge in [-0.05, 0) is 16.5 Å². The molecule has 1 aromatic carbocycles. The minimum Gasteiger partial charge on any atom is -0.491 e. The maximum atomic E-state index is 5.97. The molecular weight excluding hydrogens is 298 g/mol. The standard InChI is InChI=1S/C17H24ClN3O/c1-12(15(22-5)16(18)21-11-19)20-10-13-6-8-14(9-7-13)17(2,3)4/h6-9,11,20H,1,10H2,2-5H3,(H2,19,21)/b16-15+. The second-order valence-corrected chi connectivity index (χ2v) is 6.24. The van der Waals surface area contributed by atoms with Gasteiger partial charge in [0.05, 0.1) is 19.1 Å². The highest BCUT2D eigenvalue weighted by molar-refractivity contribution is 6.30. The molecule has 0 saturated heterocycles. The number of rotatable bonds is 6. The van der Waals surface area contributed by atoms with Crippen molar-refractivity contribution in [3.8, 4) is 0 Å². The quantitative estimate of drug-likeness (QED) is 0.276. The zero-order valence-electron chi connectivity index (χ0n) is 13.6. The number of hydrogen-bond donors (Lipinski definition) is 2. The molecule has 22 heavy (non-hydrogen) atoms. The molecule has 0 saturated carbocycles. The second kappa shape index (κ2) is 7.90. The van der Waals surface area contributed by atoms with Crippen LogP contribution in [-0.4, -0.2) is 13.4 Å². The molecule has 0 fully saturated rings. The van der Waals surface area contributed by atoms with E-state index in [-0.39, 0.29) is 10.6 Å². The molecule has 0 aliphatic rings. The van der Waals surface area contributed by atoms with Crippen LogP contribution in [0.25, 0.3) is 0 Å². The molecule has 0 bridgehead atoms. The highest BCUT2D eigenvalue weighted by Crippen LogP contribution is 2.22. The number of methoxy groups -OCH3 is 1. The van der Waals surface area contributed by atoms with E-state index in [1.54, 1.807) is 0 Å². The summed E-state index contributed by atoms with van der Waals surface area (Å²) in [5, 5.41) is 3.33. The molecule has 0 heterocycles. The number of halogens is 1. The highest BCUT2D eigenvalue weighted by atomic mass is 35.5. The molecular formula is C17H24ClN3O. The van der Waals surface area contributed by atoms with Gasteiger partial charge in [0.25, 0.3) is 0 Å². The maximum Gasteiger partial charge on any atom is 0.178 e. The van der Waals surface area contributed by atoms with Crippen LogP contribution in [0, 0.1) is 0 Å². The fourth-order valence-corrected chi connectivity index (χ4v) is 2.12. The Balaban J connectivity index is 2.73. The molecule has 0 radical (unpaired) electrons. The first kappa shape index (κ1) is 18.1. The SMILES string of the molecule is C=C(NCc1ccc(C(C)(C)C)cc1)/C(OC)=C(Cl)\N=C/N. The fourth-order valence-electron chi connectivity index (χ4n) is 1.87. The van der Waals surface area contributed by atoms with Crippen molar-refractivity contribution >= 4 is 17.9 Å². The number of nitrogens with zero attached hydrogens (tertiary/aromatic N) is 1. The van der Waals surface area contributed by atoms with Gasteiger partial charge in [0.1, 0.15) is 0 Å². The summed E-state index contributed by atoms with van der Waals surface area (Å²) in [6, 6.07) is 8.46. The zero-order chi connectivity index (χ0) is 16.8. The van der Waals surface area contributed by atoms with Crippen molar-refractivity contribution in [1.82, 2.24) is 5.32 Å². The van der Waals surface area contributed by atoms with Gasteiger partial charge in [-0.25, -0.2) is 4.99 Å². The van der Waals surface area contributed by atoms with Crippen LogP contribution in [-0.2, 0) is 16.7 Å². The molecule has 0 atom stereocenters. The Kier molecular flexibility index (Phi) is 6.50. The predicted octanol–water partition coefficient (Wildman–Crippen LogP) is 3.63. The smallest absolute Gasteiger partial charge is 0.178 e. The normalized spacial score (nSPS) is 13.0. The van der Waals surface area contributed by atoms with Gasteiger partial charge in [-0.15, -0.1) is 0 Å². The molecule has 4 nitrogen and oxygen atoms in total. The van der Waals surface area contributed by atoms with E-state index in [2.05, 4.69) is 61.9 Å². The third-order valence-electron chi connectivity index (χ3n) is 3.18. The molecule has 3 N–H and O–H groups in total. The van der Waals surface area contributed by atoms with Gasteiger partial charge < -0.3 is 15.8 Å². The summed E-state index contributed by atoms with van der Waals surface area (Å²) in [5.74, 6) is 0.370. The van der Waals surface area contributed by atoms with Crippen LogP contribution in [0.4, 0.5) is 0 Å². The molecule has 1 aromatic rings. The second-order valence-electron chi connectivity index (χ2n) is 5.88. The first-order valence-corrected chi connectivity index (χ1v) is 7.38. The Morgan fingerprint density at radius 3 is 2.41 bits per heavy atom. The van der Waals surface area contributed by atoms with E-state index in [1.807, 2.05) is 0 Å². The van der Waals surface area contributed by atoms with Crippen molar-refractivity contribution in [2.75, 3.05) is 7.11 Å². The summed E-state index contributed by atoms with van der Waals surface area (Å²) in [6.07, 6.45) is 1.11. The van der Waals surface area contributed by atoms with Crippen molar-refractivity contribution in [2.24, 2.45) is 10.7 Å². The average molecular weight is 322 g/mol. The molecule has 0 aliphatic heterocycles. The van der Waals surface area contributed by atoms with Crippen LogP contribution >= 0.6 is 11.6 Å². The van der Waals surface area contributed by atoms with Crippen molar-refractivity contribution in [3.63, 3.8) is 0 Å². The van der Waals surface area contributed by atoms with Crippen molar-refractivity contribution in [3.05, 3.63) is 58.6 Å². The largest absolute Gasteiger partial charge is 0.491 e. The van der Waals surface area contributed by atoms with Crippen LogP contribution in [0.3, 0.4) is 0 Å². The lowest BCUT2D eigenvalue weighted by Crippen LogP contribution is -2.16. The summed E-state index contributed by atoms with van der Waals surface area (Å²) in [5.41, 5.74) is 8.36. The fraction of sp³-hybridized carbons (Fsp3) is 0.353. The lowest BCUT2D eigenvalue weighted by molar-refractivity contribution is 0.293. The monoisotopic (exact) mass is 321 g/mol. The third kappa shape index (κ3) is 5.11. The molecule has 120 valence electrons. The Morgan fingerprint density at radius 2 is 1.95 bits per heavy atom. The molecule has 0 amide bonds. The Hall–Kier alpha value is -1.94. The van der Waals surface area contributed by atoms with Crippen LogP contribution in [0.5, 0.6) is 0 Å². The molecule has 0 unspecified atom stereocenters. The number of nitrogens with one attached hydrogen (secondary N) is 1. The Bertz CT molecular complexity index is 569. The van der Waals surface area contributed by atoms with Crippen LogP contribution in [0.2, 0.25) is 0 Å². The van der Waals surface area contributed by atoms with E-state index >= 15 is 0 Å². The van der Waals surface area contributed by atoms with Crippen LogP contribution in [0.15, 0.2) is 52.4 Å². The van der Waals surface area contributed by atoms with E-state index in [1.165, 1.54) is 12.7 Å². The number of benzene rings is 1. The van der Waals surface area contributed by atoms with Gasteiger partial charge in [-0.1, -0.05) is 63.2 Å². The Morgan fingerprint density at radius 1 is 1.36 bits per heavy atom. The summed E-state index contributed by atoms with van der Waals surface area (Å²) in [6.45, 7) is 11.1. The number of aliphatic imine (C=N–C) groups is 1. The van der Waals surface area contributed by atoms with E-state index in [0.29, 0.717) is 18.0 Å². The van der Waals surface area contributed by atoms with Crippen LogP contribution < -0.4 is 11.1 Å². The van der Waals surface area contributed by atoms with E-state index in [0.717, 1.165) is 11.9 Å². The van der Waals surface area contributed by atoms with Gasteiger partial charge in [0.2, 0.25) is 0 Å². The van der Waals surface area contributed by atoms with E-state index in [9.17, 15) is 0 Å². The van der Waals surface area contributed by atoms with Crippen LogP contribution in [0.1, 0.15) is 31.9 Å². The minimum absolute atomic E-state index is 0.148. The zero-order valence-corrected chi connectivity index (χ0v) is 14.4. The first-order chi connectivity index (χ1) is 10.3. The van der Waals surface area contributed by atoms with Crippen molar-refractivity contribution in [1.29, 1.82) is 0 Å². The highest BCUT2D eigenvalue weighted by Gasteiger charge is 2.13. The van der Waals surface area contributed by atoms with Gasteiger partial charge in [0, 0.05) is 6.54 Å². The van der Waals surface area contributed by atoms with Gasteiger partial charge in [0.15, 0.2) is 10.9 Å². The molecule has 5 heteroatoms. The topological polar surface area (TPSA) is 59.6 Å². The summed E-state index contributed by atoms with van der Waals surface area (Å²) < 4.78 is 5.20. The Labute approximate surface area is 137 Å². The molecule has 0 aromatic heterocycles. The lowest BCUT2D eigenvalue weighted by atomic mass is 9.87. The summed E-state index contributed by atoms with van der Waals surface area (Å²) >= 11 is 5.97. The first-order valence-electron chi connectivity index (χ1n) is 7.00. The number of hydrogen-bond acceptors (Lipinski definition) is 3. The molecule has 0 aliphatic carbocycles. The van der Waals surface area contributed by atoms with Crippen molar-refractivity contribution < 1.29 is 4.74 Å². The minimum atomic E-state index is 0.148. The van der Waals surface area contributed by atoms with Crippen molar-refractivity contribution in [2.45, 2.75) is 32.7 Å². The predicted molar refractivity (Wildman–Crippen MR) is 93.7 cm³/mol. The maximum absolute atomic E-state index is 5.97. The average Bonchev–Trinajstić information content (AvgIpc) is 2.45.